The summed E-state index contributed by atoms with van der Waals surface area (Å²) < 4.78 is 0. The van der Waals surface area contributed by atoms with E-state index in [2.05, 4.69) is 23.1 Å². The van der Waals surface area contributed by atoms with Crippen molar-refractivity contribution in [2.24, 2.45) is 17.6 Å². The van der Waals surface area contributed by atoms with Gasteiger partial charge in [-0.25, -0.2) is 4.98 Å². The van der Waals surface area contributed by atoms with Crippen LogP contribution in [0.3, 0.4) is 0 Å². The molecule has 0 amide bonds. The fourth-order valence-corrected chi connectivity index (χ4v) is 4.09. The molecule has 1 aromatic carbocycles. The highest BCUT2D eigenvalue weighted by Crippen LogP contribution is 2.40. The Morgan fingerprint density at radius 2 is 1.90 bits per heavy atom. The first-order valence-electron chi connectivity index (χ1n) is 7.67. The standard InChI is InChI=1S/C17H19N3S/c18-16(21)14-8-11-4-1-2-7-15(11)19-17(14)20-9-12-5-3-6-13(12)10-20/h1-2,4,7-8,12-13H,3,5-6,9-10H2,(H2,18,21). The smallest absolute Gasteiger partial charge is 0.139 e. The summed E-state index contributed by atoms with van der Waals surface area (Å²) in [6, 6.07) is 10.3. The molecule has 4 rings (SSSR count). The third-order valence-corrected chi connectivity index (χ3v) is 5.22. The summed E-state index contributed by atoms with van der Waals surface area (Å²) in [6.45, 7) is 2.21. The highest BCUT2D eigenvalue weighted by atomic mass is 32.1. The molecule has 2 fully saturated rings. The lowest BCUT2D eigenvalue weighted by molar-refractivity contribution is 0.494. The molecule has 2 aliphatic rings. The van der Waals surface area contributed by atoms with Crippen LogP contribution < -0.4 is 10.6 Å². The quantitative estimate of drug-likeness (QED) is 0.865. The van der Waals surface area contributed by atoms with Crippen molar-refractivity contribution in [1.82, 2.24) is 4.98 Å². The number of aromatic nitrogens is 1. The highest BCUT2D eigenvalue weighted by molar-refractivity contribution is 7.80. The fourth-order valence-electron chi connectivity index (χ4n) is 3.94. The Balaban J connectivity index is 1.79. The first kappa shape index (κ1) is 13.0. The molecular formula is C17H19N3S. The lowest BCUT2D eigenvalue weighted by atomic mass is 10.0. The summed E-state index contributed by atoms with van der Waals surface area (Å²) in [5, 5.41) is 1.10. The molecule has 0 radical (unpaired) electrons. The number of nitrogens with zero attached hydrogens (tertiary/aromatic N) is 2. The maximum absolute atomic E-state index is 5.95. The molecule has 0 spiro atoms. The zero-order valence-electron chi connectivity index (χ0n) is 12.0. The summed E-state index contributed by atoms with van der Waals surface area (Å²) in [5.41, 5.74) is 7.89. The van der Waals surface area contributed by atoms with Crippen molar-refractivity contribution in [2.75, 3.05) is 18.0 Å². The maximum Gasteiger partial charge on any atom is 0.139 e. The SMILES string of the molecule is NC(=S)c1cc2ccccc2nc1N1CC2CCCC2C1. The Morgan fingerprint density at radius 1 is 1.19 bits per heavy atom. The lowest BCUT2D eigenvalue weighted by Gasteiger charge is -2.22. The van der Waals surface area contributed by atoms with Crippen molar-refractivity contribution >= 4 is 33.9 Å². The molecule has 2 atom stereocenters. The van der Waals surface area contributed by atoms with E-state index in [9.17, 15) is 0 Å². The molecule has 1 aromatic heterocycles. The van der Waals surface area contributed by atoms with Crippen molar-refractivity contribution in [1.29, 1.82) is 0 Å². The Kier molecular flexibility index (Phi) is 3.07. The third kappa shape index (κ3) is 2.18. The molecule has 2 heterocycles. The molecule has 108 valence electrons. The minimum atomic E-state index is 0.445. The van der Waals surface area contributed by atoms with E-state index < -0.39 is 0 Å². The van der Waals surface area contributed by atoms with Gasteiger partial charge in [-0.15, -0.1) is 0 Å². The molecule has 2 unspecified atom stereocenters. The van der Waals surface area contributed by atoms with E-state index >= 15 is 0 Å². The van der Waals surface area contributed by atoms with E-state index in [1.54, 1.807) is 0 Å². The minimum absolute atomic E-state index is 0.445. The molecule has 1 saturated heterocycles. The number of nitrogens with two attached hydrogens (primary N) is 1. The minimum Gasteiger partial charge on any atom is -0.389 e. The number of rotatable bonds is 2. The number of anilines is 1. The van der Waals surface area contributed by atoms with Gasteiger partial charge in [-0.1, -0.05) is 36.8 Å². The molecule has 2 N–H and O–H groups in total. The normalized spacial score (nSPS) is 24.5. The maximum atomic E-state index is 5.95. The van der Waals surface area contributed by atoms with Crippen LogP contribution in [0.1, 0.15) is 24.8 Å². The van der Waals surface area contributed by atoms with E-state index in [1.807, 2.05) is 12.1 Å². The Labute approximate surface area is 130 Å². The predicted molar refractivity (Wildman–Crippen MR) is 90.7 cm³/mol. The molecule has 21 heavy (non-hydrogen) atoms. The molecule has 3 nitrogen and oxygen atoms in total. The van der Waals surface area contributed by atoms with Crippen LogP contribution in [-0.2, 0) is 0 Å². The van der Waals surface area contributed by atoms with Crippen LogP contribution in [0.4, 0.5) is 5.82 Å². The van der Waals surface area contributed by atoms with Gasteiger partial charge in [0.1, 0.15) is 10.8 Å². The topological polar surface area (TPSA) is 42.1 Å². The summed E-state index contributed by atoms with van der Waals surface area (Å²) in [6.07, 6.45) is 4.10. The number of benzene rings is 1. The van der Waals surface area contributed by atoms with E-state index in [-0.39, 0.29) is 0 Å². The van der Waals surface area contributed by atoms with Crippen molar-refractivity contribution in [3.05, 3.63) is 35.9 Å². The number of thiocarbonyl (C=S) groups is 1. The molecule has 1 aliphatic heterocycles. The number of para-hydroxylation sites is 1. The lowest BCUT2D eigenvalue weighted by Crippen LogP contribution is -2.26. The first-order chi connectivity index (χ1) is 10.2. The second kappa shape index (κ2) is 4.95. The van der Waals surface area contributed by atoms with Crippen LogP contribution in [-0.4, -0.2) is 23.1 Å². The summed E-state index contributed by atoms with van der Waals surface area (Å²) in [4.78, 5) is 7.71. The van der Waals surface area contributed by atoms with Gasteiger partial charge < -0.3 is 10.6 Å². The molecule has 0 bridgehead atoms. The van der Waals surface area contributed by atoms with Gasteiger partial charge in [0.05, 0.1) is 11.1 Å². The number of hydrogen-bond acceptors (Lipinski definition) is 3. The van der Waals surface area contributed by atoms with Gasteiger partial charge >= 0.3 is 0 Å². The predicted octanol–water partition coefficient (Wildman–Crippen LogP) is 3.11. The molecule has 2 aromatic rings. The van der Waals surface area contributed by atoms with Gasteiger partial charge in [-0.05, 0) is 36.8 Å². The molecule has 1 saturated carbocycles. The zero-order chi connectivity index (χ0) is 14.4. The van der Waals surface area contributed by atoms with Crippen molar-refractivity contribution < 1.29 is 0 Å². The van der Waals surface area contributed by atoms with Gasteiger partial charge in [0.15, 0.2) is 0 Å². The Hall–Kier alpha value is -1.68. The second-order valence-electron chi connectivity index (χ2n) is 6.27. The van der Waals surface area contributed by atoms with Gasteiger partial charge in [0, 0.05) is 18.5 Å². The average Bonchev–Trinajstić information content (AvgIpc) is 3.07. The van der Waals surface area contributed by atoms with Crippen molar-refractivity contribution in [3.63, 3.8) is 0 Å². The zero-order valence-corrected chi connectivity index (χ0v) is 12.8. The van der Waals surface area contributed by atoms with E-state index in [1.165, 1.54) is 19.3 Å². The van der Waals surface area contributed by atoms with Crippen LogP contribution in [0.15, 0.2) is 30.3 Å². The monoisotopic (exact) mass is 297 g/mol. The van der Waals surface area contributed by atoms with Crippen LogP contribution in [0.25, 0.3) is 10.9 Å². The largest absolute Gasteiger partial charge is 0.389 e. The molecular weight excluding hydrogens is 278 g/mol. The van der Waals surface area contributed by atoms with Crippen molar-refractivity contribution in [3.8, 4) is 0 Å². The van der Waals surface area contributed by atoms with Gasteiger partial charge in [-0.3, -0.25) is 0 Å². The molecule has 1 aliphatic carbocycles. The van der Waals surface area contributed by atoms with Crippen LogP contribution in [0, 0.1) is 11.8 Å². The number of pyridine rings is 1. The Morgan fingerprint density at radius 3 is 2.62 bits per heavy atom. The van der Waals surface area contributed by atoms with Crippen LogP contribution in [0.2, 0.25) is 0 Å². The van der Waals surface area contributed by atoms with Crippen LogP contribution in [0.5, 0.6) is 0 Å². The highest BCUT2D eigenvalue weighted by Gasteiger charge is 2.37. The number of hydrogen-bond donors (Lipinski definition) is 1. The number of fused-ring (bicyclic) bond motifs is 2. The van der Waals surface area contributed by atoms with E-state index in [0.717, 1.165) is 47.2 Å². The summed E-state index contributed by atoms with van der Waals surface area (Å²) in [7, 11) is 0. The summed E-state index contributed by atoms with van der Waals surface area (Å²) in [5.74, 6) is 2.64. The average molecular weight is 297 g/mol. The van der Waals surface area contributed by atoms with Crippen LogP contribution >= 0.6 is 12.2 Å². The Bertz CT molecular complexity index is 700. The first-order valence-corrected chi connectivity index (χ1v) is 8.08. The van der Waals surface area contributed by atoms with Gasteiger partial charge in [-0.2, -0.15) is 0 Å². The third-order valence-electron chi connectivity index (χ3n) is 5.00. The summed E-state index contributed by atoms with van der Waals surface area (Å²) >= 11 is 5.26. The van der Waals surface area contributed by atoms with E-state index in [0.29, 0.717) is 4.99 Å². The second-order valence-corrected chi connectivity index (χ2v) is 6.71. The van der Waals surface area contributed by atoms with Crippen molar-refractivity contribution in [2.45, 2.75) is 19.3 Å². The van der Waals surface area contributed by atoms with E-state index in [4.69, 9.17) is 22.9 Å². The van der Waals surface area contributed by atoms with Gasteiger partial charge in [0.2, 0.25) is 0 Å². The molecule has 4 heteroatoms. The van der Waals surface area contributed by atoms with Gasteiger partial charge in [0.25, 0.3) is 0 Å². The fraction of sp³-hybridized carbons (Fsp3) is 0.412.